The van der Waals surface area contributed by atoms with Crippen LogP contribution in [0.2, 0.25) is 5.02 Å². The first-order valence-corrected chi connectivity index (χ1v) is 10.5. The molecule has 0 aliphatic carbocycles. The highest BCUT2D eigenvalue weighted by Gasteiger charge is 2.52. The number of halogens is 1. The minimum absolute atomic E-state index is 0.124. The largest absolute Gasteiger partial charge is 0.496 e. The van der Waals surface area contributed by atoms with Gasteiger partial charge in [-0.1, -0.05) is 24.6 Å². The number of hydrogen-bond acceptors (Lipinski definition) is 7. The van der Waals surface area contributed by atoms with Crippen LogP contribution in [0.25, 0.3) is 0 Å². The lowest BCUT2D eigenvalue weighted by molar-refractivity contribution is 0.00578. The molecule has 9 heteroatoms. The summed E-state index contributed by atoms with van der Waals surface area (Å²) in [6.45, 7) is 13.9. The Balaban J connectivity index is 1.97. The number of aryl methyl sites for hydroxylation is 2. The van der Waals surface area contributed by atoms with Crippen LogP contribution in [-0.4, -0.2) is 40.4 Å². The first kappa shape index (κ1) is 22.8. The fourth-order valence-corrected chi connectivity index (χ4v) is 3.51. The molecule has 1 unspecified atom stereocenters. The molecular formula is C21H30BClN4O3. The van der Waals surface area contributed by atoms with E-state index in [0.717, 1.165) is 23.1 Å². The summed E-state index contributed by atoms with van der Waals surface area (Å²) in [5.74, 6) is 1.79. The molecule has 1 fully saturated rings. The van der Waals surface area contributed by atoms with Gasteiger partial charge in [0.15, 0.2) is 0 Å². The van der Waals surface area contributed by atoms with E-state index in [9.17, 15) is 0 Å². The van der Waals surface area contributed by atoms with Gasteiger partial charge in [0, 0.05) is 17.2 Å². The Morgan fingerprint density at radius 1 is 1.17 bits per heavy atom. The molecule has 30 heavy (non-hydrogen) atoms. The van der Waals surface area contributed by atoms with Crippen molar-refractivity contribution in [3.8, 4) is 5.88 Å². The number of nitrogens with one attached hydrogen (secondary N) is 1. The third-order valence-corrected chi connectivity index (χ3v) is 6.29. The zero-order valence-corrected chi connectivity index (χ0v) is 19.7. The Labute approximate surface area is 184 Å². The van der Waals surface area contributed by atoms with Crippen molar-refractivity contribution >= 4 is 30.0 Å². The van der Waals surface area contributed by atoms with Crippen molar-refractivity contribution in [3.05, 3.63) is 34.4 Å². The van der Waals surface area contributed by atoms with E-state index in [-0.39, 0.29) is 6.04 Å². The molecule has 2 aromatic heterocycles. The lowest BCUT2D eigenvalue weighted by atomic mass is 9.79. The summed E-state index contributed by atoms with van der Waals surface area (Å²) in [7, 11) is 1.11. The van der Waals surface area contributed by atoms with Crippen molar-refractivity contribution < 1.29 is 14.0 Å². The summed E-state index contributed by atoms with van der Waals surface area (Å²) in [4.78, 5) is 13.3. The standard InChI is InChI=1S/C21H30BClN4O3/c1-9-16(27-18-17(23)12(2)25-13(3)26-18)15-10-14(11-24-19(15)28-8)22-29-20(4,5)21(6,7)30-22/h10-11,16H,9H2,1-8H3,(H,25,26,27). The van der Waals surface area contributed by atoms with Crippen LogP contribution in [0.3, 0.4) is 0 Å². The molecule has 2 aromatic rings. The molecule has 0 amide bonds. The molecule has 1 atom stereocenters. The molecule has 1 saturated heterocycles. The summed E-state index contributed by atoms with van der Waals surface area (Å²) in [5, 5.41) is 3.94. The average Bonchev–Trinajstić information content (AvgIpc) is 2.90. The Bertz CT molecular complexity index is 923. The van der Waals surface area contributed by atoms with Crippen molar-refractivity contribution in [2.75, 3.05) is 12.4 Å². The monoisotopic (exact) mass is 432 g/mol. The van der Waals surface area contributed by atoms with Crippen molar-refractivity contribution in [1.82, 2.24) is 15.0 Å². The number of nitrogens with zero attached hydrogens (tertiary/aromatic N) is 3. The fourth-order valence-electron chi connectivity index (χ4n) is 3.37. The molecule has 0 bridgehead atoms. The summed E-state index contributed by atoms with van der Waals surface area (Å²) < 4.78 is 17.9. The Hall–Kier alpha value is -1.90. The Kier molecular flexibility index (Phi) is 6.32. The fraction of sp³-hybridized carbons (Fsp3) is 0.571. The molecule has 0 radical (unpaired) electrons. The van der Waals surface area contributed by atoms with Crippen molar-refractivity contribution in [1.29, 1.82) is 0 Å². The predicted octanol–water partition coefficient (Wildman–Crippen LogP) is 4.01. The molecule has 3 rings (SSSR count). The van der Waals surface area contributed by atoms with Gasteiger partial charge in [0.2, 0.25) is 5.88 Å². The van der Waals surface area contributed by atoms with Crippen LogP contribution in [0, 0.1) is 13.8 Å². The van der Waals surface area contributed by atoms with E-state index in [1.165, 1.54) is 0 Å². The van der Waals surface area contributed by atoms with E-state index < -0.39 is 18.3 Å². The van der Waals surface area contributed by atoms with Gasteiger partial charge in [-0.3, -0.25) is 0 Å². The number of hydrogen-bond donors (Lipinski definition) is 1. The van der Waals surface area contributed by atoms with Crippen LogP contribution in [0.4, 0.5) is 5.82 Å². The van der Waals surface area contributed by atoms with Gasteiger partial charge in [-0.05, 0) is 48.0 Å². The number of aromatic nitrogens is 3. The van der Waals surface area contributed by atoms with Crippen molar-refractivity contribution in [2.45, 2.75) is 72.1 Å². The molecule has 0 aromatic carbocycles. The van der Waals surface area contributed by atoms with Gasteiger partial charge in [-0.2, -0.15) is 0 Å². The van der Waals surface area contributed by atoms with Crippen LogP contribution in [0.15, 0.2) is 12.3 Å². The third kappa shape index (κ3) is 4.27. The van der Waals surface area contributed by atoms with Crippen LogP contribution >= 0.6 is 11.6 Å². The molecule has 1 aliphatic heterocycles. The number of pyridine rings is 1. The second-order valence-electron chi connectivity index (χ2n) is 8.58. The van der Waals surface area contributed by atoms with Crippen LogP contribution in [0.5, 0.6) is 5.88 Å². The number of methoxy groups -OCH3 is 1. The maximum Gasteiger partial charge on any atom is 0.496 e. The quantitative estimate of drug-likeness (QED) is 0.691. The van der Waals surface area contributed by atoms with E-state index in [2.05, 4.69) is 27.2 Å². The number of ether oxygens (including phenoxy) is 1. The van der Waals surface area contributed by atoms with Gasteiger partial charge < -0.3 is 19.4 Å². The predicted molar refractivity (Wildman–Crippen MR) is 120 cm³/mol. The summed E-state index contributed by atoms with van der Waals surface area (Å²) in [6.07, 6.45) is 2.51. The highest BCUT2D eigenvalue weighted by atomic mass is 35.5. The molecule has 0 saturated carbocycles. The third-order valence-electron chi connectivity index (χ3n) is 5.84. The highest BCUT2D eigenvalue weighted by Crippen LogP contribution is 2.37. The lowest BCUT2D eigenvalue weighted by Crippen LogP contribution is -2.41. The van der Waals surface area contributed by atoms with E-state index in [1.807, 2.05) is 47.6 Å². The van der Waals surface area contributed by atoms with E-state index >= 15 is 0 Å². The normalized spacial score (nSPS) is 18.4. The summed E-state index contributed by atoms with van der Waals surface area (Å²) >= 11 is 6.45. The smallest absolute Gasteiger partial charge is 0.481 e. The van der Waals surface area contributed by atoms with Gasteiger partial charge in [-0.25, -0.2) is 15.0 Å². The molecule has 1 N–H and O–H groups in total. The zero-order chi connectivity index (χ0) is 22.3. The first-order chi connectivity index (χ1) is 14.0. The SMILES string of the molecule is CCC(Nc1nc(C)nc(C)c1Cl)c1cc(B2OC(C)(C)C(C)(C)O2)cnc1OC. The average molecular weight is 433 g/mol. The van der Waals surface area contributed by atoms with Crippen molar-refractivity contribution in [2.24, 2.45) is 0 Å². The molecular weight excluding hydrogens is 403 g/mol. The first-order valence-electron chi connectivity index (χ1n) is 10.2. The molecule has 7 nitrogen and oxygen atoms in total. The van der Waals surface area contributed by atoms with Crippen molar-refractivity contribution in [3.63, 3.8) is 0 Å². The summed E-state index contributed by atoms with van der Waals surface area (Å²) in [6, 6.07) is 1.89. The highest BCUT2D eigenvalue weighted by molar-refractivity contribution is 6.62. The van der Waals surface area contributed by atoms with Gasteiger partial charge >= 0.3 is 7.12 Å². The van der Waals surface area contributed by atoms with Gasteiger partial charge in [0.05, 0.1) is 30.0 Å². The van der Waals surface area contributed by atoms with Crippen LogP contribution in [0.1, 0.15) is 64.2 Å². The minimum Gasteiger partial charge on any atom is -0.481 e. The van der Waals surface area contributed by atoms with Crippen LogP contribution < -0.4 is 15.5 Å². The van der Waals surface area contributed by atoms with E-state index in [1.54, 1.807) is 13.3 Å². The van der Waals surface area contributed by atoms with Gasteiger partial charge in [-0.15, -0.1) is 0 Å². The minimum atomic E-state index is -0.503. The zero-order valence-electron chi connectivity index (χ0n) is 19.0. The number of rotatable bonds is 6. The lowest BCUT2D eigenvalue weighted by Gasteiger charge is -2.32. The topological polar surface area (TPSA) is 78.4 Å². The van der Waals surface area contributed by atoms with Crippen LogP contribution in [-0.2, 0) is 9.31 Å². The second-order valence-corrected chi connectivity index (χ2v) is 8.96. The van der Waals surface area contributed by atoms with E-state index in [0.29, 0.717) is 22.5 Å². The molecule has 0 spiro atoms. The summed E-state index contributed by atoms with van der Waals surface area (Å²) in [5.41, 5.74) is 1.61. The number of anilines is 1. The maximum absolute atomic E-state index is 6.45. The Morgan fingerprint density at radius 2 is 1.80 bits per heavy atom. The Morgan fingerprint density at radius 3 is 2.37 bits per heavy atom. The molecule has 1 aliphatic rings. The molecule has 3 heterocycles. The second kappa shape index (κ2) is 8.32. The van der Waals surface area contributed by atoms with E-state index in [4.69, 9.17) is 25.6 Å². The van der Waals surface area contributed by atoms with Gasteiger partial charge in [0.1, 0.15) is 16.7 Å². The van der Waals surface area contributed by atoms with Gasteiger partial charge in [0.25, 0.3) is 0 Å². The molecule has 162 valence electrons. The maximum atomic E-state index is 6.45.